The lowest BCUT2D eigenvalue weighted by atomic mass is 10.3. The quantitative estimate of drug-likeness (QED) is 0.758. The van der Waals surface area contributed by atoms with Crippen LogP contribution in [0.15, 0.2) is 36.5 Å². The fourth-order valence-corrected chi connectivity index (χ4v) is 1.87. The van der Waals surface area contributed by atoms with Gasteiger partial charge in [-0.15, -0.1) is 0 Å². The van der Waals surface area contributed by atoms with Gasteiger partial charge in [0.05, 0.1) is 12.8 Å². The number of nitrogens with zero attached hydrogens (tertiary/aromatic N) is 2. The van der Waals surface area contributed by atoms with Gasteiger partial charge in [0.2, 0.25) is 0 Å². The molecular weight excluding hydrogens is 270 g/mol. The summed E-state index contributed by atoms with van der Waals surface area (Å²) in [7, 11) is 3.48. The monoisotopic (exact) mass is 291 g/mol. The molecule has 0 aliphatic rings. The third-order valence-corrected chi connectivity index (χ3v) is 2.94. The van der Waals surface area contributed by atoms with Gasteiger partial charge in [-0.3, -0.25) is 4.68 Å². The van der Waals surface area contributed by atoms with Crippen molar-refractivity contribution in [1.82, 2.24) is 15.1 Å². The van der Waals surface area contributed by atoms with E-state index in [1.54, 1.807) is 17.9 Å². The molecule has 0 saturated heterocycles. The lowest BCUT2D eigenvalue weighted by Gasteiger charge is -2.13. The molecule has 1 unspecified atom stereocenters. The molecular formula is C15H21N3O3. The smallest absolute Gasteiger partial charge is 0.123 e. The minimum absolute atomic E-state index is 0.225. The van der Waals surface area contributed by atoms with Crippen molar-refractivity contribution in [1.29, 1.82) is 0 Å². The van der Waals surface area contributed by atoms with Crippen molar-refractivity contribution in [2.24, 2.45) is 7.05 Å². The number of benzene rings is 1. The number of methoxy groups -OCH3 is 1. The van der Waals surface area contributed by atoms with Gasteiger partial charge in [0.25, 0.3) is 0 Å². The summed E-state index contributed by atoms with van der Waals surface area (Å²) in [5.41, 5.74) is 0.943. The Morgan fingerprint density at radius 1 is 1.33 bits per heavy atom. The molecule has 21 heavy (non-hydrogen) atoms. The molecule has 6 nitrogen and oxygen atoms in total. The van der Waals surface area contributed by atoms with Crippen LogP contribution in [-0.2, 0) is 13.6 Å². The van der Waals surface area contributed by atoms with E-state index in [2.05, 4.69) is 10.4 Å². The second kappa shape index (κ2) is 7.66. The molecule has 0 spiro atoms. The van der Waals surface area contributed by atoms with Crippen molar-refractivity contribution in [2.45, 2.75) is 12.6 Å². The number of nitrogens with one attached hydrogen (secondary N) is 1. The Morgan fingerprint density at radius 2 is 2.14 bits per heavy atom. The van der Waals surface area contributed by atoms with Crippen LogP contribution in [0.25, 0.3) is 0 Å². The molecule has 1 heterocycles. The van der Waals surface area contributed by atoms with Gasteiger partial charge in [0, 0.05) is 32.4 Å². The molecule has 2 aromatic rings. The maximum absolute atomic E-state index is 9.88. The first-order chi connectivity index (χ1) is 10.2. The first kappa shape index (κ1) is 15.3. The van der Waals surface area contributed by atoms with Gasteiger partial charge in [0.1, 0.15) is 24.2 Å². The second-order valence-electron chi connectivity index (χ2n) is 4.76. The normalized spacial score (nSPS) is 12.1. The highest BCUT2D eigenvalue weighted by molar-refractivity contribution is 5.32. The summed E-state index contributed by atoms with van der Waals surface area (Å²) in [6.07, 6.45) is 1.30. The standard InChI is InChI=1S/C15H21N3O3/c1-18-7-6-12(17-18)9-16-10-13(19)11-21-15-5-3-4-14(8-15)20-2/h3-8,13,16,19H,9-11H2,1-2H3. The van der Waals surface area contributed by atoms with E-state index in [0.29, 0.717) is 18.8 Å². The Labute approximate surface area is 124 Å². The summed E-state index contributed by atoms with van der Waals surface area (Å²) < 4.78 is 12.4. The van der Waals surface area contributed by atoms with Gasteiger partial charge in [-0.1, -0.05) is 6.07 Å². The summed E-state index contributed by atoms with van der Waals surface area (Å²) in [5, 5.41) is 17.3. The van der Waals surface area contributed by atoms with E-state index >= 15 is 0 Å². The van der Waals surface area contributed by atoms with Crippen molar-refractivity contribution in [3.8, 4) is 11.5 Å². The van der Waals surface area contributed by atoms with Crippen LogP contribution in [0, 0.1) is 0 Å². The molecule has 0 fully saturated rings. The van der Waals surface area contributed by atoms with Gasteiger partial charge >= 0.3 is 0 Å². The van der Waals surface area contributed by atoms with E-state index in [0.717, 1.165) is 11.4 Å². The van der Waals surface area contributed by atoms with Crippen LogP contribution >= 0.6 is 0 Å². The Kier molecular flexibility index (Phi) is 5.59. The van der Waals surface area contributed by atoms with Crippen molar-refractivity contribution in [2.75, 3.05) is 20.3 Å². The van der Waals surface area contributed by atoms with E-state index in [4.69, 9.17) is 9.47 Å². The zero-order chi connectivity index (χ0) is 15.1. The maximum Gasteiger partial charge on any atom is 0.123 e. The topological polar surface area (TPSA) is 68.5 Å². The summed E-state index contributed by atoms with van der Waals surface area (Å²) in [4.78, 5) is 0. The van der Waals surface area contributed by atoms with Crippen molar-refractivity contribution < 1.29 is 14.6 Å². The molecule has 0 amide bonds. The third-order valence-electron chi connectivity index (χ3n) is 2.94. The third kappa shape index (κ3) is 5.09. The Hall–Kier alpha value is -2.05. The lowest BCUT2D eigenvalue weighted by Crippen LogP contribution is -2.31. The van der Waals surface area contributed by atoms with Crippen LogP contribution in [0.2, 0.25) is 0 Å². The number of hydrogen-bond donors (Lipinski definition) is 2. The van der Waals surface area contributed by atoms with Gasteiger partial charge in [0.15, 0.2) is 0 Å². The van der Waals surface area contributed by atoms with Gasteiger partial charge in [-0.25, -0.2) is 0 Å². The number of aryl methyl sites for hydroxylation is 1. The fourth-order valence-electron chi connectivity index (χ4n) is 1.87. The van der Waals surface area contributed by atoms with E-state index in [-0.39, 0.29) is 6.61 Å². The van der Waals surface area contributed by atoms with Crippen LogP contribution < -0.4 is 14.8 Å². The Morgan fingerprint density at radius 3 is 2.86 bits per heavy atom. The molecule has 114 valence electrons. The van der Waals surface area contributed by atoms with Crippen LogP contribution in [-0.4, -0.2) is 41.3 Å². The predicted octanol–water partition coefficient (Wildman–Crippen LogP) is 0.958. The molecule has 1 aromatic heterocycles. The molecule has 6 heteroatoms. The summed E-state index contributed by atoms with van der Waals surface area (Å²) in [6.45, 7) is 1.29. The molecule has 0 aliphatic heterocycles. The molecule has 0 aliphatic carbocycles. The summed E-state index contributed by atoms with van der Waals surface area (Å²) >= 11 is 0. The number of aromatic nitrogens is 2. The average Bonchev–Trinajstić information content (AvgIpc) is 2.91. The molecule has 0 saturated carbocycles. The van der Waals surface area contributed by atoms with Crippen LogP contribution in [0.3, 0.4) is 0 Å². The number of ether oxygens (including phenoxy) is 2. The zero-order valence-electron chi connectivity index (χ0n) is 12.3. The molecule has 0 bridgehead atoms. The highest BCUT2D eigenvalue weighted by Crippen LogP contribution is 2.18. The number of aliphatic hydroxyl groups is 1. The second-order valence-corrected chi connectivity index (χ2v) is 4.76. The molecule has 2 N–H and O–H groups in total. The first-order valence-electron chi connectivity index (χ1n) is 6.81. The van der Waals surface area contributed by atoms with Crippen LogP contribution in [0.5, 0.6) is 11.5 Å². The highest BCUT2D eigenvalue weighted by atomic mass is 16.5. The number of rotatable bonds is 8. The van der Waals surface area contributed by atoms with Crippen LogP contribution in [0.1, 0.15) is 5.69 Å². The maximum atomic E-state index is 9.88. The van der Waals surface area contributed by atoms with Crippen molar-refractivity contribution in [3.63, 3.8) is 0 Å². The average molecular weight is 291 g/mol. The summed E-state index contributed by atoms with van der Waals surface area (Å²) in [5.74, 6) is 1.41. The van der Waals surface area contributed by atoms with E-state index in [9.17, 15) is 5.11 Å². The van der Waals surface area contributed by atoms with Crippen LogP contribution in [0.4, 0.5) is 0 Å². The SMILES string of the molecule is COc1cccc(OCC(O)CNCc2ccn(C)n2)c1. The van der Waals surface area contributed by atoms with Crippen molar-refractivity contribution in [3.05, 3.63) is 42.2 Å². The van der Waals surface area contributed by atoms with Gasteiger partial charge < -0.3 is 19.9 Å². The molecule has 2 rings (SSSR count). The van der Waals surface area contributed by atoms with Crippen molar-refractivity contribution >= 4 is 0 Å². The Bertz CT molecular complexity index is 557. The first-order valence-corrected chi connectivity index (χ1v) is 6.81. The largest absolute Gasteiger partial charge is 0.497 e. The predicted molar refractivity (Wildman–Crippen MR) is 79.4 cm³/mol. The number of aliphatic hydroxyl groups excluding tert-OH is 1. The minimum Gasteiger partial charge on any atom is -0.497 e. The Balaban J connectivity index is 1.68. The molecule has 0 radical (unpaired) electrons. The van der Waals surface area contributed by atoms with E-state index in [1.807, 2.05) is 37.5 Å². The lowest BCUT2D eigenvalue weighted by molar-refractivity contribution is 0.106. The summed E-state index contributed by atoms with van der Waals surface area (Å²) in [6, 6.07) is 9.24. The van der Waals surface area contributed by atoms with Gasteiger partial charge in [-0.2, -0.15) is 5.10 Å². The van der Waals surface area contributed by atoms with E-state index < -0.39 is 6.10 Å². The highest BCUT2D eigenvalue weighted by Gasteiger charge is 2.06. The van der Waals surface area contributed by atoms with Gasteiger partial charge in [-0.05, 0) is 18.2 Å². The number of hydrogen-bond acceptors (Lipinski definition) is 5. The molecule has 1 atom stereocenters. The minimum atomic E-state index is -0.583. The fraction of sp³-hybridized carbons (Fsp3) is 0.400. The van der Waals surface area contributed by atoms with E-state index in [1.165, 1.54) is 0 Å². The molecule has 1 aromatic carbocycles. The zero-order valence-corrected chi connectivity index (χ0v) is 12.3.